The fraction of sp³-hybridized carbons (Fsp3) is 0.909. The molecule has 2 N–H and O–H groups in total. The third-order valence-corrected chi connectivity index (χ3v) is 5.28. The highest BCUT2D eigenvalue weighted by Crippen LogP contribution is 2.12. The molecule has 1 fully saturated rings. The SMILES string of the molecule is CC(C)C(N)C(=O)N1CCN(S(=O)(=O)N(C)C)CC1. The van der Waals surface area contributed by atoms with Gasteiger partial charge >= 0.3 is 0 Å². The molecule has 112 valence electrons. The van der Waals surface area contributed by atoms with Crippen LogP contribution in [0.25, 0.3) is 0 Å². The summed E-state index contributed by atoms with van der Waals surface area (Å²) >= 11 is 0. The van der Waals surface area contributed by atoms with Gasteiger partial charge < -0.3 is 10.6 Å². The maximum atomic E-state index is 12.1. The van der Waals surface area contributed by atoms with E-state index in [4.69, 9.17) is 5.73 Å². The van der Waals surface area contributed by atoms with Gasteiger partial charge in [-0.05, 0) is 5.92 Å². The van der Waals surface area contributed by atoms with Crippen LogP contribution in [-0.2, 0) is 15.0 Å². The van der Waals surface area contributed by atoms with Crippen LogP contribution in [-0.4, -0.2) is 74.2 Å². The fourth-order valence-electron chi connectivity index (χ4n) is 1.87. The normalized spacial score (nSPS) is 20.1. The van der Waals surface area contributed by atoms with Crippen LogP contribution in [0, 0.1) is 5.92 Å². The Bertz CT molecular complexity index is 414. The van der Waals surface area contributed by atoms with Crippen molar-refractivity contribution in [1.82, 2.24) is 13.5 Å². The van der Waals surface area contributed by atoms with Gasteiger partial charge in [0.15, 0.2) is 0 Å². The van der Waals surface area contributed by atoms with Crippen molar-refractivity contribution in [3.05, 3.63) is 0 Å². The number of carbonyl (C=O) groups excluding carboxylic acids is 1. The molecular weight excluding hydrogens is 268 g/mol. The Hall–Kier alpha value is -0.700. The van der Waals surface area contributed by atoms with E-state index in [0.717, 1.165) is 0 Å². The van der Waals surface area contributed by atoms with Gasteiger partial charge in [0.25, 0.3) is 10.2 Å². The van der Waals surface area contributed by atoms with Crippen molar-refractivity contribution >= 4 is 16.1 Å². The van der Waals surface area contributed by atoms with Crippen LogP contribution in [0.5, 0.6) is 0 Å². The molecule has 0 radical (unpaired) electrons. The van der Waals surface area contributed by atoms with E-state index in [1.165, 1.54) is 22.7 Å². The quantitative estimate of drug-likeness (QED) is 0.714. The summed E-state index contributed by atoms with van der Waals surface area (Å²) < 4.78 is 26.4. The van der Waals surface area contributed by atoms with Crippen molar-refractivity contribution in [1.29, 1.82) is 0 Å². The van der Waals surface area contributed by atoms with E-state index in [9.17, 15) is 13.2 Å². The van der Waals surface area contributed by atoms with Crippen molar-refractivity contribution in [3.63, 3.8) is 0 Å². The topological polar surface area (TPSA) is 87.0 Å². The number of nitrogens with two attached hydrogens (primary N) is 1. The van der Waals surface area contributed by atoms with Gasteiger partial charge in [-0.15, -0.1) is 0 Å². The molecule has 1 amide bonds. The second kappa shape index (κ2) is 6.17. The van der Waals surface area contributed by atoms with E-state index in [2.05, 4.69) is 0 Å². The van der Waals surface area contributed by atoms with Crippen LogP contribution < -0.4 is 5.73 Å². The molecule has 1 unspecified atom stereocenters. The maximum absolute atomic E-state index is 12.1. The van der Waals surface area contributed by atoms with Gasteiger partial charge in [0.2, 0.25) is 5.91 Å². The minimum Gasteiger partial charge on any atom is -0.339 e. The molecule has 1 aliphatic rings. The predicted octanol–water partition coefficient (Wildman–Crippen LogP) is -1.08. The number of nitrogens with zero attached hydrogens (tertiary/aromatic N) is 3. The second-order valence-corrected chi connectivity index (χ2v) is 7.43. The van der Waals surface area contributed by atoms with Gasteiger partial charge in [-0.2, -0.15) is 17.0 Å². The van der Waals surface area contributed by atoms with Gasteiger partial charge in [-0.25, -0.2) is 0 Å². The molecule has 1 rings (SSSR count). The minimum atomic E-state index is -3.39. The van der Waals surface area contributed by atoms with Crippen LogP contribution in [0.4, 0.5) is 0 Å². The first kappa shape index (κ1) is 16.4. The van der Waals surface area contributed by atoms with Crippen molar-refractivity contribution in [2.24, 2.45) is 11.7 Å². The number of hydrogen-bond donors (Lipinski definition) is 1. The first-order valence-corrected chi connectivity index (χ1v) is 7.79. The van der Waals surface area contributed by atoms with E-state index in [1.54, 1.807) is 4.90 Å². The Balaban J connectivity index is 2.61. The fourth-order valence-corrected chi connectivity index (χ4v) is 2.95. The van der Waals surface area contributed by atoms with Crippen LogP contribution in [0.1, 0.15) is 13.8 Å². The molecule has 0 aromatic heterocycles. The lowest BCUT2D eigenvalue weighted by molar-refractivity contribution is -0.134. The maximum Gasteiger partial charge on any atom is 0.281 e. The minimum absolute atomic E-state index is 0.0797. The lowest BCUT2D eigenvalue weighted by atomic mass is 10.0. The van der Waals surface area contributed by atoms with Crippen molar-refractivity contribution in [3.8, 4) is 0 Å². The third-order valence-electron chi connectivity index (χ3n) is 3.34. The van der Waals surface area contributed by atoms with Crippen molar-refractivity contribution < 1.29 is 13.2 Å². The Kier molecular flexibility index (Phi) is 5.31. The average Bonchev–Trinajstić information content (AvgIpc) is 2.36. The molecule has 8 heteroatoms. The zero-order valence-corrected chi connectivity index (χ0v) is 12.9. The molecule has 1 atom stereocenters. The molecular formula is C11H24N4O3S. The molecule has 0 aromatic rings. The third kappa shape index (κ3) is 3.65. The molecule has 1 saturated heterocycles. The number of amides is 1. The molecule has 0 bridgehead atoms. The predicted molar refractivity (Wildman–Crippen MR) is 73.6 cm³/mol. The van der Waals surface area contributed by atoms with Gasteiger partial charge in [-0.1, -0.05) is 13.8 Å². The molecule has 1 aliphatic heterocycles. The van der Waals surface area contributed by atoms with E-state index in [1.807, 2.05) is 13.8 Å². The Morgan fingerprint density at radius 3 is 2.00 bits per heavy atom. The number of piperazine rings is 1. The van der Waals surface area contributed by atoms with Crippen molar-refractivity contribution in [2.45, 2.75) is 19.9 Å². The summed E-state index contributed by atoms with van der Waals surface area (Å²) in [5.74, 6) is -0.0204. The van der Waals surface area contributed by atoms with Crippen molar-refractivity contribution in [2.75, 3.05) is 40.3 Å². The van der Waals surface area contributed by atoms with Crippen LogP contribution in [0.2, 0.25) is 0 Å². The summed E-state index contributed by atoms with van der Waals surface area (Å²) in [7, 11) is -0.385. The van der Waals surface area contributed by atoms with E-state index < -0.39 is 16.3 Å². The Morgan fingerprint density at radius 1 is 1.16 bits per heavy atom. The number of hydrogen-bond acceptors (Lipinski definition) is 4. The van der Waals surface area contributed by atoms with Crippen LogP contribution in [0.15, 0.2) is 0 Å². The van der Waals surface area contributed by atoms with E-state index in [-0.39, 0.29) is 11.8 Å². The first-order valence-electron chi connectivity index (χ1n) is 6.40. The highest BCUT2D eigenvalue weighted by atomic mass is 32.2. The van der Waals surface area contributed by atoms with Gasteiger partial charge in [0.05, 0.1) is 6.04 Å². The lowest BCUT2D eigenvalue weighted by Gasteiger charge is -2.36. The highest BCUT2D eigenvalue weighted by Gasteiger charge is 2.32. The van der Waals surface area contributed by atoms with Crippen LogP contribution in [0.3, 0.4) is 0 Å². The summed E-state index contributed by atoms with van der Waals surface area (Å²) in [6.07, 6.45) is 0. The average molecular weight is 292 g/mol. The molecule has 7 nitrogen and oxygen atoms in total. The first-order chi connectivity index (χ1) is 8.67. The van der Waals surface area contributed by atoms with Gasteiger partial charge in [0, 0.05) is 40.3 Å². The van der Waals surface area contributed by atoms with E-state index >= 15 is 0 Å². The zero-order chi connectivity index (χ0) is 14.8. The molecule has 1 heterocycles. The lowest BCUT2D eigenvalue weighted by Crippen LogP contribution is -2.56. The number of carbonyl (C=O) groups is 1. The summed E-state index contributed by atoms with van der Waals surface area (Å²) in [6, 6.07) is -0.517. The number of rotatable bonds is 4. The van der Waals surface area contributed by atoms with Crippen LogP contribution >= 0.6 is 0 Å². The highest BCUT2D eigenvalue weighted by molar-refractivity contribution is 7.86. The monoisotopic (exact) mass is 292 g/mol. The van der Waals surface area contributed by atoms with Gasteiger partial charge in [-0.3, -0.25) is 4.79 Å². The summed E-state index contributed by atoms with van der Waals surface area (Å²) in [6.45, 7) is 5.22. The standard InChI is InChI=1S/C11H24N4O3S/c1-9(2)10(12)11(16)14-5-7-15(8-6-14)19(17,18)13(3)4/h9-10H,5-8,12H2,1-4H3. The molecule has 0 spiro atoms. The largest absolute Gasteiger partial charge is 0.339 e. The Morgan fingerprint density at radius 2 is 1.63 bits per heavy atom. The van der Waals surface area contributed by atoms with E-state index in [0.29, 0.717) is 26.2 Å². The molecule has 0 aliphatic carbocycles. The molecule has 0 saturated carbocycles. The molecule has 0 aromatic carbocycles. The molecule has 19 heavy (non-hydrogen) atoms. The Labute approximate surface area is 115 Å². The zero-order valence-electron chi connectivity index (χ0n) is 12.0. The van der Waals surface area contributed by atoms with Gasteiger partial charge in [0.1, 0.15) is 0 Å². The summed E-state index contributed by atoms with van der Waals surface area (Å²) in [5.41, 5.74) is 5.83. The summed E-state index contributed by atoms with van der Waals surface area (Å²) in [5, 5.41) is 0. The summed E-state index contributed by atoms with van der Waals surface area (Å²) in [4.78, 5) is 13.7. The second-order valence-electron chi connectivity index (χ2n) is 5.28. The smallest absolute Gasteiger partial charge is 0.281 e.